The summed E-state index contributed by atoms with van der Waals surface area (Å²) in [7, 11) is 0. The number of nitrogens with one attached hydrogen (secondary N) is 2. The van der Waals surface area contributed by atoms with E-state index in [0.717, 1.165) is 24.6 Å². The molecular formula is C14H25N3S. The quantitative estimate of drug-likeness (QED) is 0.586. The van der Waals surface area contributed by atoms with E-state index in [-0.39, 0.29) is 0 Å². The summed E-state index contributed by atoms with van der Waals surface area (Å²) in [6.07, 6.45) is 6.65. The first-order valence-electron chi connectivity index (χ1n) is 6.96. The highest BCUT2D eigenvalue weighted by molar-refractivity contribution is 7.80. The molecular weight excluding hydrogens is 242 g/mol. The highest BCUT2D eigenvalue weighted by Gasteiger charge is 2.14. The Bertz CT molecular complexity index is 360. The number of rotatable bonds is 7. The summed E-state index contributed by atoms with van der Waals surface area (Å²) in [5.74, 6) is 0. The van der Waals surface area contributed by atoms with Crippen LogP contribution in [0.2, 0.25) is 0 Å². The van der Waals surface area contributed by atoms with Gasteiger partial charge in [0.15, 0.2) is 5.11 Å². The number of unbranched alkanes of at least 4 members (excludes halogenated alkanes) is 2. The minimum Gasteiger partial charge on any atom is -0.363 e. The number of aromatic nitrogens is 1. The second-order valence-corrected chi connectivity index (χ2v) is 4.78. The topological polar surface area (TPSA) is 31.1 Å². The van der Waals surface area contributed by atoms with Gasteiger partial charge in [0.25, 0.3) is 0 Å². The van der Waals surface area contributed by atoms with Gasteiger partial charge in [0.1, 0.15) is 0 Å². The van der Waals surface area contributed by atoms with Gasteiger partial charge in [-0.3, -0.25) is 0 Å². The molecule has 0 aliphatic carbocycles. The maximum absolute atomic E-state index is 5.48. The zero-order valence-electron chi connectivity index (χ0n) is 11.8. The van der Waals surface area contributed by atoms with Crippen molar-refractivity contribution in [3.05, 3.63) is 18.0 Å². The normalized spacial score (nSPS) is 10.4. The fourth-order valence-electron chi connectivity index (χ4n) is 2.03. The van der Waals surface area contributed by atoms with Crippen LogP contribution in [0.3, 0.4) is 0 Å². The van der Waals surface area contributed by atoms with Crippen LogP contribution in [0, 0.1) is 0 Å². The second kappa shape index (κ2) is 8.14. The zero-order chi connectivity index (χ0) is 13.4. The predicted octanol–water partition coefficient (Wildman–Crippen LogP) is 3.47. The van der Waals surface area contributed by atoms with Gasteiger partial charge >= 0.3 is 0 Å². The first-order chi connectivity index (χ1) is 8.74. The van der Waals surface area contributed by atoms with E-state index >= 15 is 0 Å². The molecule has 1 aromatic rings. The van der Waals surface area contributed by atoms with Gasteiger partial charge in [-0.2, -0.15) is 0 Å². The van der Waals surface area contributed by atoms with Crippen LogP contribution in [0.5, 0.6) is 0 Å². The summed E-state index contributed by atoms with van der Waals surface area (Å²) >= 11 is 5.48. The van der Waals surface area contributed by atoms with E-state index in [9.17, 15) is 0 Å². The molecule has 0 saturated heterocycles. The molecule has 0 bridgehead atoms. The standard InChI is InChI=1S/C14H25N3S/c1-4-7-8-11-17(14(18)15-6-3)13-9-10-16-12(13)5-2/h9-10,16H,4-8,11H2,1-3H3,(H,15,18). The lowest BCUT2D eigenvalue weighted by Crippen LogP contribution is -2.40. The zero-order valence-corrected chi connectivity index (χ0v) is 12.6. The summed E-state index contributed by atoms with van der Waals surface area (Å²) < 4.78 is 0. The largest absolute Gasteiger partial charge is 0.363 e. The molecule has 0 aliphatic rings. The lowest BCUT2D eigenvalue weighted by Gasteiger charge is -2.26. The minimum absolute atomic E-state index is 0.836. The van der Waals surface area contributed by atoms with Crippen molar-refractivity contribution in [3.8, 4) is 0 Å². The molecule has 0 aromatic carbocycles. The molecule has 1 rings (SSSR count). The maximum Gasteiger partial charge on any atom is 0.173 e. The smallest absolute Gasteiger partial charge is 0.173 e. The number of anilines is 1. The molecule has 0 atom stereocenters. The molecule has 4 heteroatoms. The van der Waals surface area contributed by atoms with E-state index in [1.54, 1.807) is 0 Å². The molecule has 18 heavy (non-hydrogen) atoms. The molecule has 2 N–H and O–H groups in total. The van der Waals surface area contributed by atoms with Gasteiger partial charge in [-0.05, 0) is 38.0 Å². The van der Waals surface area contributed by atoms with E-state index in [2.05, 4.69) is 42.0 Å². The van der Waals surface area contributed by atoms with Gasteiger partial charge in [0.05, 0.1) is 5.69 Å². The van der Waals surface area contributed by atoms with E-state index in [1.807, 2.05) is 6.20 Å². The van der Waals surface area contributed by atoms with Crippen LogP contribution in [0.15, 0.2) is 12.3 Å². The highest BCUT2D eigenvalue weighted by atomic mass is 32.1. The van der Waals surface area contributed by atoms with Gasteiger partial charge in [-0.25, -0.2) is 0 Å². The van der Waals surface area contributed by atoms with Gasteiger partial charge in [0.2, 0.25) is 0 Å². The van der Waals surface area contributed by atoms with Crippen molar-refractivity contribution >= 4 is 23.0 Å². The van der Waals surface area contributed by atoms with Crippen LogP contribution < -0.4 is 10.2 Å². The molecule has 0 saturated carbocycles. The van der Waals surface area contributed by atoms with E-state index < -0.39 is 0 Å². The molecule has 1 aromatic heterocycles. The van der Waals surface area contributed by atoms with Crippen LogP contribution >= 0.6 is 12.2 Å². The Hall–Kier alpha value is -1.03. The summed E-state index contributed by atoms with van der Waals surface area (Å²) in [4.78, 5) is 5.52. The van der Waals surface area contributed by atoms with Crippen molar-refractivity contribution in [2.24, 2.45) is 0 Å². The van der Waals surface area contributed by atoms with Crippen molar-refractivity contribution in [2.75, 3.05) is 18.0 Å². The Labute approximate surface area is 116 Å². The highest BCUT2D eigenvalue weighted by Crippen LogP contribution is 2.21. The number of nitrogens with zero attached hydrogens (tertiary/aromatic N) is 1. The van der Waals surface area contributed by atoms with Crippen molar-refractivity contribution in [1.82, 2.24) is 10.3 Å². The summed E-state index contributed by atoms with van der Waals surface area (Å²) in [6, 6.07) is 2.12. The average molecular weight is 267 g/mol. The Morgan fingerprint density at radius 3 is 2.72 bits per heavy atom. The van der Waals surface area contributed by atoms with E-state index in [1.165, 1.54) is 30.6 Å². The average Bonchev–Trinajstić information content (AvgIpc) is 2.83. The molecule has 0 amide bonds. The maximum atomic E-state index is 5.48. The molecule has 0 fully saturated rings. The number of hydrogen-bond acceptors (Lipinski definition) is 1. The third-order valence-electron chi connectivity index (χ3n) is 3.01. The fraction of sp³-hybridized carbons (Fsp3) is 0.643. The van der Waals surface area contributed by atoms with Gasteiger partial charge in [-0.1, -0.05) is 26.7 Å². The number of thiocarbonyl (C=S) groups is 1. The van der Waals surface area contributed by atoms with Crippen LogP contribution in [0.4, 0.5) is 5.69 Å². The van der Waals surface area contributed by atoms with Crippen molar-refractivity contribution in [1.29, 1.82) is 0 Å². The monoisotopic (exact) mass is 267 g/mol. The number of H-pyrrole nitrogens is 1. The molecule has 0 spiro atoms. The number of hydrogen-bond donors (Lipinski definition) is 2. The SMILES string of the molecule is CCCCCN(C(=S)NCC)c1cc[nH]c1CC. The Morgan fingerprint density at radius 1 is 1.33 bits per heavy atom. The van der Waals surface area contributed by atoms with Gasteiger partial charge in [0, 0.05) is 25.0 Å². The first-order valence-corrected chi connectivity index (χ1v) is 7.36. The second-order valence-electron chi connectivity index (χ2n) is 4.39. The molecule has 1 heterocycles. The fourth-order valence-corrected chi connectivity index (χ4v) is 2.36. The molecule has 102 valence electrons. The molecule has 3 nitrogen and oxygen atoms in total. The lowest BCUT2D eigenvalue weighted by molar-refractivity contribution is 0.717. The third kappa shape index (κ3) is 4.02. The van der Waals surface area contributed by atoms with E-state index in [4.69, 9.17) is 12.2 Å². The van der Waals surface area contributed by atoms with Crippen molar-refractivity contribution in [3.63, 3.8) is 0 Å². The minimum atomic E-state index is 0.836. The third-order valence-corrected chi connectivity index (χ3v) is 3.38. The van der Waals surface area contributed by atoms with Crippen LogP contribution in [-0.2, 0) is 6.42 Å². The van der Waals surface area contributed by atoms with Crippen LogP contribution in [-0.4, -0.2) is 23.2 Å². The summed E-state index contributed by atoms with van der Waals surface area (Å²) in [5.41, 5.74) is 2.48. The summed E-state index contributed by atoms with van der Waals surface area (Å²) in [5, 5.41) is 4.09. The Balaban J connectivity index is 2.79. The Kier molecular flexibility index (Phi) is 6.80. The van der Waals surface area contributed by atoms with Crippen LogP contribution in [0.1, 0.15) is 45.7 Å². The Morgan fingerprint density at radius 2 is 2.11 bits per heavy atom. The van der Waals surface area contributed by atoms with Gasteiger partial charge < -0.3 is 15.2 Å². The molecule has 0 unspecified atom stereocenters. The molecule has 0 radical (unpaired) electrons. The van der Waals surface area contributed by atoms with Gasteiger partial charge in [-0.15, -0.1) is 0 Å². The predicted molar refractivity (Wildman–Crippen MR) is 83.3 cm³/mol. The van der Waals surface area contributed by atoms with Crippen molar-refractivity contribution < 1.29 is 0 Å². The van der Waals surface area contributed by atoms with Crippen molar-refractivity contribution in [2.45, 2.75) is 46.5 Å². The van der Waals surface area contributed by atoms with Crippen LogP contribution in [0.25, 0.3) is 0 Å². The lowest BCUT2D eigenvalue weighted by atomic mass is 10.2. The molecule has 0 aliphatic heterocycles. The first kappa shape index (κ1) is 15.0. The summed E-state index contributed by atoms with van der Waals surface area (Å²) in [6.45, 7) is 8.32. The van der Waals surface area contributed by atoms with E-state index in [0.29, 0.717) is 0 Å². The number of aryl methyl sites for hydroxylation is 1. The number of aromatic amines is 1.